The van der Waals surface area contributed by atoms with Crippen molar-refractivity contribution in [1.82, 2.24) is 14.9 Å². The van der Waals surface area contributed by atoms with Gasteiger partial charge in [-0.25, -0.2) is 9.97 Å². The zero-order chi connectivity index (χ0) is 15.4. The summed E-state index contributed by atoms with van der Waals surface area (Å²) in [6.45, 7) is 3.91. The van der Waals surface area contributed by atoms with Crippen molar-refractivity contribution in [2.75, 3.05) is 37.6 Å². The predicted octanol–water partition coefficient (Wildman–Crippen LogP) is 0.836. The standard InChI is InChI=1S/C15H24N6O.HI/c16-13(17-8-5-15(22)3-1-4-15)20-9-11-21(12-10-20)14-18-6-2-7-19-14;/h2,6-7,22H,1,3-5,8-12H2,(H2,16,17);1H. The summed E-state index contributed by atoms with van der Waals surface area (Å²) in [5.41, 5.74) is 5.59. The zero-order valence-corrected chi connectivity index (χ0v) is 15.6. The minimum atomic E-state index is -0.479. The first-order chi connectivity index (χ1) is 10.7. The summed E-state index contributed by atoms with van der Waals surface area (Å²) in [6.07, 6.45) is 7.16. The first kappa shape index (κ1) is 18.2. The van der Waals surface area contributed by atoms with E-state index in [0.717, 1.165) is 51.4 Å². The zero-order valence-electron chi connectivity index (χ0n) is 13.3. The molecule has 3 rings (SSSR count). The molecular weight excluding hydrogens is 407 g/mol. The summed E-state index contributed by atoms with van der Waals surface area (Å²) >= 11 is 0. The van der Waals surface area contributed by atoms with Crippen molar-refractivity contribution in [2.24, 2.45) is 10.7 Å². The van der Waals surface area contributed by atoms with Gasteiger partial charge < -0.3 is 20.6 Å². The Morgan fingerprint density at radius 3 is 2.43 bits per heavy atom. The van der Waals surface area contributed by atoms with Crippen molar-refractivity contribution >= 4 is 35.9 Å². The third-order valence-electron chi connectivity index (χ3n) is 4.57. The molecular formula is C15H25IN6O. The molecule has 2 aliphatic rings. The van der Waals surface area contributed by atoms with Crippen LogP contribution in [-0.4, -0.2) is 64.3 Å². The maximum atomic E-state index is 10.0. The highest BCUT2D eigenvalue weighted by Gasteiger charge is 2.33. The van der Waals surface area contributed by atoms with Crippen LogP contribution < -0.4 is 10.6 Å². The van der Waals surface area contributed by atoms with E-state index in [1.54, 1.807) is 12.4 Å². The number of aromatic nitrogens is 2. The number of hydrogen-bond acceptors (Lipinski definition) is 5. The largest absolute Gasteiger partial charge is 0.390 e. The lowest BCUT2D eigenvalue weighted by molar-refractivity contribution is -0.0378. The molecule has 2 fully saturated rings. The highest BCUT2D eigenvalue weighted by atomic mass is 127. The molecule has 8 heteroatoms. The van der Waals surface area contributed by atoms with Crippen LogP contribution in [0.15, 0.2) is 23.5 Å². The number of aliphatic hydroxyl groups is 1. The molecule has 1 aromatic rings. The van der Waals surface area contributed by atoms with Gasteiger partial charge in [0.1, 0.15) is 0 Å². The van der Waals surface area contributed by atoms with E-state index in [4.69, 9.17) is 5.73 Å². The second-order valence-electron chi connectivity index (χ2n) is 6.09. The van der Waals surface area contributed by atoms with Gasteiger partial charge in [0.25, 0.3) is 0 Å². The second-order valence-corrected chi connectivity index (χ2v) is 6.09. The van der Waals surface area contributed by atoms with Gasteiger partial charge in [-0.3, -0.25) is 4.99 Å². The normalized spacial score (nSPS) is 20.7. The Morgan fingerprint density at radius 2 is 1.87 bits per heavy atom. The molecule has 1 saturated carbocycles. The molecule has 1 aliphatic heterocycles. The van der Waals surface area contributed by atoms with E-state index in [2.05, 4.69) is 24.8 Å². The molecule has 3 N–H and O–H groups in total. The van der Waals surface area contributed by atoms with Gasteiger partial charge in [-0.05, 0) is 31.7 Å². The number of nitrogens with zero attached hydrogens (tertiary/aromatic N) is 5. The first-order valence-electron chi connectivity index (χ1n) is 7.96. The molecule has 128 valence electrons. The highest BCUT2D eigenvalue weighted by Crippen LogP contribution is 2.34. The fourth-order valence-electron chi connectivity index (χ4n) is 2.90. The number of rotatable bonds is 4. The molecule has 0 aromatic carbocycles. The van der Waals surface area contributed by atoms with Gasteiger partial charge in [0.15, 0.2) is 5.96 Å². The fourth-order valence-corrected chi connectivity index (χ4v) is 2.90. The maximum absolute atomic E-state index is 10.0. The molecule has 1 saturated heterocycles. The number of nitrogens with two attached hydrogens (primary N) is 1. The average Bonchev–Trinajstić information content (AvgIpc) is 2.54. The predicted molar refractivity (Wildman–Crippen MR) is 101 cm³/mol. The van der Waals surface area contributed by atoms with Crippen LogP contribution in [-0.2, 0) is 0 Å². The van der Waals surface area contributed by atoms with E-state index in [1.807, 2.05) is 6.07 Å². The quantitative estimate of drug-likeness (QED) is 0.416. The summed E-state index contributed by atoms with van der Waals surface area (Å²) in [4.78, 5) is 17.2. The van der Waals surface area contributed by atoms with Crippen LogP contribution in [0.3, 0.4) is 0 Å². The minimum absolute atomic E-state index is 0. The van der Waals surface area contributed by atoms with E-state index in [9.17, 15) is 5.11 Å². The van der Waals surface area contributed by atoms with Gasteiger partial charge in [0, 0.05) is 45.1 Å². The lowest BCUT2D eigenvalue weighted by Crippen LogP contribution is -2.51. The summed E-state index contributed by atoms with van der Waals surface area (Å²) < 4.78 is 0. The number of hydrogen-bond donors (Lipinski definition) is 2. The number of aliphatic imine (C=N–C) groups is 1. The van der Waals surface area contributed by atoms with E-state index < -0.39 is 5.60 Å². The van der Waals surface area contributed by atoms with Crippen LogP contribution in [0.4, 0.5) is 5.95 Å². The molecule has 0 amide bonds. The van der Waals surface area contributed by atoms with Gasteiger partial charge in [-0.1, -0.05) is 0 Å². The fraction of sp³-hybridized carbons (Fsp3) is 0.667. The van der Waals surface area contributed by atoms with Crippen LogP contribution in [0, 0.1) is 0 Å². The van der Waals surface area contributed by atoms with Crippen LogP contribution in [0.2, 0.25) is 0 Å². The third kappa shape index (κ3) is 4.66. The van der Waals surface area contributed by atoms with Gasteiger partial charge >= 0.3 is 0 Å². The van der Waals surface area contributed by atoms with E-state index in [1.165, 1.54) is 0 Å². The topological polar surface area (TPSA) is 90.9 Å². The number of halogens is 1. The molecule has 0 spiro atoms. The van der Waals surface area contributed by atoms with Crippen molar-refractivity contribution in [1.29, 1.82) is 0 Å². The molecule has 1 aromatic heterocycles. The van der Waals surface area contributed by atoms with Crippen molar-refractivity contribution in [3.8, 4) is 0 Å². The minimum Gasteiger partial charge on any atom is -0.390 e. The highest BCUT2D eigenvalue weighted by molar-refractivity contribution is 14.0. The van der Waals surface area contributed by atoms with Crippen LogP contribution in [0.1, 0.15) is 25.7 Å². The van der Waals surface area contributed by atoms with Gasteiger partial charge in [-0.15, -0.1) is 24.0 Å². The summed E-state index contributed by atoms with van der Waals surface area (Å²) in [6, 6.07) is 1.82. The second kappa shape index (κ2) is 8.09. The van der Waals surface area contributed by atoms with Crippen LogP contribution >= 0.6 is 24.0 Å². The lowest BCUT2D eigenvalue weighted by Gasteiger charge is -2.37. The molecule has 0 atom stereocenters. The molecule has 0 bridgehead atoms. The first-order valence-corrected chi connectivity index (χ1v) is 7.96. The summed E-state index contributed by atoms with van der Waals surface area (Å²) in [7, 11) is 0. The lowest BCUT2D eigenvalue weighted by atomic mass is 9.78. The summed E-state index contributed by atoms with van der Waals surface area (Å²) in [5.74, 6) is 1.35. The number of anilines is 1. The van der Waals surface area contributed by atoms with Gasteiger partial charge in [0.2, 0.25) is 5.95 Å². The molecule has 0 radical (unpaired) electrons. The molecule has 1 aliphatic carbocycles. The SMILES string of the molecule is I.NC(=NCCC1(O)CCC1)N1CCN(c2ncccn2)CC1. The van der Waals surface area contributed by atoms with Gasteiger partial charge in [-0.2, -0.15) is 0 Å². The summed E-state index contributed by atoms with van der Waals surface area (Å²) in [5, 5.41) is 10.0. The van der Waals surface area contributed by atoms with Crippen molar-refractivity contribution in [3.63, 3.8) is 0 Å². The van der Waals surface area contributed by atoms with Crippen molar-refractivity contribution in [3.05, 3.63) is 18.5 Å². The maximum Gasteiger partial charge on any atom is 0.225 e. The third-order valence-corrected chi connectivity index (χ3v) is 4.57. The Hall–Kier alpha value is -1.16. The molecule has 0 unspecified atom stereocenters. The molecule has 7 nitrogen and oxygen atoms in total. The monoisotopic (exact) mass is 432 g/mol. The number of guanidine groups is 1. The average molecular weight is 432 g/mol. The Balaban J connectivity index is 0.00000192. The number of piperazine rings is 1. The van der Waals surface area contributed by atoms with E-state index in [0.29, 0.717) is 18.9 Å². The Morgan fingerprint density at radius 1 is 1.22 bits per heavy atom. The Bertz CT molecular complexity index is 514. The molecule has 2 heterocycles. The van der Waals surface area contributed by atoms with E-state index in [-0.39, 0.29) is 24.0 Å². The Labute approximate surface area is 154 Å². The van der Waals surface area contributed by atoms with E-state index >= 15 is 0 Å². The smallest absolute Gasteiger partial charge is 0.225 e. The molecule has 23 heavy (non-hydrogen) atoms. The van der Waals surface area contributed by atoms with Crippen LogP contribution in [0.5, 0.6) is 0 Å². The van der Waals surface area contributed by atoms with Crippen molar-refractivity contribution in [2.45, 2.75) is 31.3 Å². The van der Waals surface area contributed by atoms with Crippen LogP contribution in [0.25, 0.3) is 0 Å². The van der Waals surface area contributed by atoms with Gasteiger partial charge in [0.05, 0.1) is 5.60 Å². The van der Waals surface area contributed by atoms with Crippen molar-refractivity contribution < 1.29 is 5.11 Å². The Kier molecular flexibility index (Phi) is 6.40.